The predicted octanol–water partition coefficient (Wildman–Crippen LogP) is 2.63. The molecule has 0 aliphatic rings. The van der Waals surface area contributed by atoms with Crippen molar-refractivity contribution in [3.05, 3.63) is 48.8 Å². The molecule has 23 heavy (non-hydrogen) atoms. The number of carbonyl (C=O) groups excluding carboxylic acids is 1. The molecule has 2 aromatic heterocycles. The van der Waals surface area contributed by atoms with Gasteiger partial charge < -0.3 is 15.6 Å². The van der Waals surface area contributed by atoms with Crippen LogP contribution in [0.25, 0.3) is 0 Å². The molecule has 0 radical (unpaired) electrons. The molecule has 1 unspecified atom stereocenters. The van der Waals surface area contributed by atoms with Crippen LogP contribution in [0, 0.1) is 27.7 Å². The zero-order valence-corrected chi connectivity index (χ0v) is 14.9. The van der Waals surface area contributed by atoms with Gasteiger partial charge in [0.25, 0.3) is 5.56 Å². The quantitative estimate of drug-likeness (QED) is 0.803. The van der Waals surface area contributed by atoms with E-state index in [9.17, 15) is 9.59 Å². The summed E-state index contributed by atoms with van der Waals surface area (Å²) in [5.74, 6) is 0. The van der Waals surface area contributed by atoms with E-state index in [1.807, 2.05) is 40.7 Å². The van der Waals surface area contributed by atoms with Crippen molar-refractivity contribution in [2.75, 3.05) is 0 Å². The monoisotopic (exact) mass is 334 g/mol. The van der Waals surface area contributed by atoms with Gasteiger partial charge in [-0.2, -0.15) is 0 Å². The van der Waals surface area contributed by atoms with Crippen molar-refractivity contribution >= 4 is 17.4 Å². The summed E-state index contributed by atoms with van der Waals surface area (Å²) in [5.41, 5.74) is 3.03. The van der Waals surface area contributed by atoms with E-state index in [4.69, 9.17) is 0 Å². The molecule has 0 aliphatic heterocycles. The van der Waals surface area contributed by atoms with E-state index in [1.165, 1.54) is 0 Å². The van der Waals surface area contributed by atoms with Crippen LogP contribution >= 0.6 is 11.3 Å². The van der Waals surface area contributed by atoms with Crippen molar-refractivity contribution in [1.29, 1.82) is 0 Å². The van der Waals surface area contributed by atoms with Crippen LogP contribution in [0.1, 0.15) is 45.4 Å². The van der Waals surface area contributed by atoms with Gasteiger partial charge in [-0.15, -0.1) is 11.3 Å². The van der Waals surface area contributed by atoms with Crippen LogP contribution in [0.15, 0.2) is 10.9 Å². The van der Waals surface area contributed by atoms with E-state index in [-0.39, 0.29) is 24.2 Å². The average molecular weight is 334 g/mol. The lowest BCUT2D eigenvalue weighted by Gasteiger charge is -2.14. The second kappa shape index (κ2) is 6.95. The highest BCUT2D eigenvalue weighted by molar-refractivity contribution is 7.11. The van der Waals surface area contributed by atoms with E-state index in [0.29, 0.717) is 5.56 Å². The number of nitrogens with zero attached hydrogens (tertiary/aromatic N) is 1. The van der Waals surface area contributed by atoms with Crippen molar-refractivity contribution < 1.29 is 4.79 Å². The number of aromatic amines is 1. The lowest BCUT2D eigenvalue weighted by molar-refractivity contribution is 0.237. The van der Waals surface area contributed by atoms with Crippen molar-refractivity contribution in [3.8, 4) is 0 Å². The predicted molar refractivity (Wildman–Crippen MR) is 91.9 cm³/mol. The molecule has 0 fully saturated rings. The van der Waals surface area contributed by atoms with Gasteiger partial charge in [0.15, 0.2) is 0 Å². The number of pyridine rings is 1. The minimum Gasteiger partial charge on any atom is -0.334 e. The van der Waals surface area contributed by atoms with Crippen molar-refractivity contribution in [2.45, 2.75) is 47.2 Å². The third-order valence-electron chi connectivity index (χ3n) is 3.60. The number of hydrogen-bond acceptors (Lipinski definition) is 4. The Hall–Kier alpha value is -2.15. The number of thiazole rings is 1. The zero-order chi connectivity index (χ0) is 17.1. The highest BCUT2D eigenvalue weighted by atomic mass is 32.1. The summed E-state index contributed by atoms with van der Waals surface area (Å²) in [5, 5.41) is 6.60. The van der Waals surface area contributed by atoms with E-state index in [2.05, 4.69) is 20.6 Å². The first-order valence-electron chi connectivity index (χ1n) is 7.45. The van der Waals surface area contributed by atoms with Crippen LogP contribution in [0.3, 0.4) is 0 Å². The summed E-state index contributed by atoms with van der Waals surface area (Å²) >= 11 is 1.58. The van der Waals surface area contributed by atoms with E-state index >= 15 is 0 Å². The molecular weight excluding hydrogens is 312 g/mol. The van der Waals surface area contributed by atoms with Crippen LogP contribution in [-0.4, -0.2) is 16.0 Å². The van der Waals surface area contributed by atoms with Gasteiger partial charge in [0, 0.05) is 16.1 Å². The largest absolute Gasteiger partial charge is 0.334 e. The highest BCUT2D eigenvalue weighted by Crippen LogP contribution is 2.24. The number of aromatic nitrogens is 2. The molecule has 124 valence electrons. The first kappa shape index (κ1) is 17.2. The standard InChI is InChI=1S/C16H22N4O2S/c1-8-6-9(2)18-15(21)13(8)7-17-16(22)20-11(4)14-10(3)19-12(5)23-14/h6,11H,7H2,1-5H3,(H,18,21)(H2,17,20,22). The van der Waals surface area contributed by atoms with Crippen LogP contribution in [0.4, 0.5) is 4.79 Å². The molecule has 0 bridgehead atoms. The van der Waals surface area contributed by atoms with Gasteiger partial charge >= 0.3 is 6.03 Å². The summed E-state index contributed by atoms with van der Waals surface area (Å²) in [6, 6.07) is 1.46. The molecule has 2 amide bonds. The maximum Gasteiger partial charge on any atom is 0.315 e. The van der Waals surface area contributed by atoms with Crippen molar-refractivity contribution in [2.24, 2.45) is 0 Å². The minimum absolute atomic E-state index is 0.126. The van der Waals surface area contributed by atoms with E-state index in [1.54, 1.807) is 11.3 Å². The first-order chi connectivity index (χ1) is 10.8. The second-order valence-corrected chi connectivity index (χ2v) is 6.91. The molecule has 0 aliphatic carbocycles. The summed E-state index contributed by atoms with van der Waals surface area (Å²) in [4.78, 5) is 32.1. The maximum atomic E-state index is 12.1. The van der Waals surface area contributed by atoms with E-state index < -0.39 is 0 Å². The minimum atomic E-state index is -0.303. The summed E-state index contributed by atoms with van der Waals surface area (Å²) in [6.45, 7) is 9.69. The Morgan fingerprint density at radius 3 is 2.61 bits per heavy atom. The first-order valence-corrected chi connectivity index (χ1v) is 8.27. The number of aryl methyl sites for hydroxylation is 4. The molecule has 3 N–H and O–H groups in total. The number of hydrogen-bond donors (Lipinski definition) is 3. The van der Waals surface area contributed by atoms with Crippen molar-refractivity contribution in [1.82, 2.24) is 20.6 Å². The lowest BCUT2D eigenvalue weighted by Crippen LogP contribution is -2.38. The van der Waals surface area contributed by atoms with Crippen LogP contribution in [0.2, 0.25) is 0 Å². The number of carbonyl (C=O) groups is 1. The summed E-state index contributed by atoms with van der Waals surface area (Å²) in [6.07, 6.45) is 0. The van der Waals surface area contributed by atoms with Gasteiger partial charge in [0.1, 0.15) is 0 Å². The number of amides is 2. The van der Waals surface area contributed by atoms with Gasteiger partial charge in [-0.05, 0) is 46.2 Å². The molecule has 2 heterocycles. The maximum absolute atomic E-state index is 12.1. The Morgan fingerprint density at radius 2 is 2.04 bits per heavy atom. The second-order valence-electron chi connectivity index (χ2n) is 5.67. The molecule has 0 aromatic carbocycles. The fraction of sp³-hybridized carbons (Fsp3) is 0.438. The normalized spacial score (nSPS) is 12.0. The summed E-state index contributed by atoms with van der Waals surface area (Å²) in [7, 11) is 0. The molecule has 6 nitrogen and oxygen atoms in total. The van der Waals surface area contributed by atoms with E-state index in [0.717, 1.165) is 26.8 Å². The van der Waals surface area contributed by atoms with Crippen LogP contribution in [0.5, 0.6) is 0 Å². The van der Waals surface area contributed by atoms with Gasteiger partial charge in [-0.1, -0.05) is 0 Å². The summed E-state index contributed by atoms with van der Waals surface area (Å²) < 4.78 is 0. The topological polar surface area (TPSA) is 86.9 Å². The lowest BCUT2D eigenvalue weighted by atomic mass is 10.1. The molecule has 1 atom stereocenters. The molecule has 0 saturated carbocycles. The fourth-order valence-electron chi connectivity index (χ4n) is 2.53. The number of rotatable bonds is 4. The molecule has 2 rings (SSSR count). The Morgan fingerprint density at radius 1 is 1.35 bits per heavy atom. The Bertz CT molecular complexity index is 779. The number of H-pyrrole nitrogens is 1. The molecule has 7 heteroatoms. The fourth-order valence-corrected chi connectivity index (χ4v) is 3.46. The Labute approximate surface area is 139 Å². The number of nitrogens with one attached hydrogen (secondary N) is 3. The molecule has 0 saturated heterocycles. The third kappa shape index (κ3) is 4.19. The highest BCUT2D eigenvalue weighted by Gasteiger charge is 2.15. The third-order valence-corrected chi connectivity index (χ3v) is 4.86. The molecule has 2 aromatic rings. The van der Waals surface area contributed by atoms with Gasteiger partial charge in [-0.3, -0.25) is 4.79 Å². The van der Waals surface area contributed by atoms with Crippen LogP contribution in [-0.2, 0) is 6.54 Å². The average Bonchev–Trinajstić information content (AvgIpc) is 2.76. The SMILES string of the molecule is Cc1cc(C)c(CNC(=O)NC(C)c2sc(C)nc2C)c(=O)[nH]1. The smallest absolute Gasteiger partial charge is 0.315 e. The Kier molecular flexibility index (Phi) is 5.20. The van der Waals surface area contributed by atoms with Gasteiger partial charge in [0.05, 0.1) is 23.3 Å². The number of urea groups is 1. The Balaban J connectivity index is 1.98. The van der Waals surface area contributed by atoms with Gasteiger partial charge in [-0.25, -0.2) is 9.78 Å². The van der Waals surface area contributed by atoms with Crippen molar-refractivity contribution in [3.63, 3.8) is 0 Å². The van der Waals surface area contributed by atoms with Gasteiger partial charge in [0.2, 0.25) is 0 Å². The molecule has 0 spiro atoms. The zero-order valence-electron chi connectivity index (χ0n) is 14.0. The van der Waals surface area contributed by atoms with Crippen LogP contribution < -0.4 is 16.2 Å². The molecular formula is C16H22N4O2S.